The van der Waals surface area contributed by atoms with E-state index >= 15 is 0 Å². The Morgan fingerprint density at radius 2 is 1.84 bits per heavy atom. The molecule has 1 aliphatic rings. The largest absolute Gasteiger partial charge is 0.493 e. The molecule has 0 unspecified atom stereocenters. The Labute approximate surface area is 149 Å². The van der Waals surface area contributed by atoms with Crippen molar-refractivity contribution in [2.24, 2.45) is 0 Å². The molecule has 0 saturated heterocycles. The third-order valence-electron chi connectivity index (χ3n) is 4.77. The fourth-order valence-electron chi connectivity index (χ4n) is 3.41. The van der Waals surface area contributed by atoms with Crippen molar-refractivity contribution in [2.45, 2.75) is 25.2 Å². The van der Waals surface area contributed by atoms with Gasteiger partial charge in [0, 0.05) is 13.6 Å². The van der Waals surface area contributed by atoms with Gasteiger partial charge in [0.25, 0.3) is 0 Å². The van der Waals surface area contributed by atoms with Gasteiger partial charge >= 0.3 is 0 Å². The Bertz CT molecular complexity index is 729. The van der Waals surface area contributed by atoms with Crippen LogP contribution in [-0.4, -0.2) is 38.1 Å². The molecule has 2 aromatic rings. The van der Waals surface area contributed by atoms with Gasteiger partial charge in [0.05, 0.1) is 19.6 Å². The predicted molar refractivity (Wildman–Crippen MR) is 98.2 cm³/mol. The Hall–Kier alpha value is -2.49. The first-order valence-electron chi connectivity index (χ1n) is 8.79. The summed E-state index contributed by atoms with van der Waals surface area (Å²) in [6.07, 6.45) is 2.70. The summed E-state index contributed by atoms with van der Waals surface area (Å²) in [7, 11) is 3.51. The van der Waals surface area contributed by atoms with E-state index in [0.717, 1.165) is 30.8 Å². The molecule has 0 N–H and O–H groups in total. The molecule has 0 aromatic heterocycles. The van der Waals surface area contributed by atoms with Crippen molar-refractivity contribution in [3.8, 4) is 11.5 Å². The minimum Gasteiger partial charge on any atom is -0.493 e. The fraction of sp³-hybridized carbons (Fsp3) is 0.381. The lowest BCUT2D eigenvalue weighted by atomic mass is 10.00. The number of para-hydroxylation sites is 2. The Morgan fingerprint density at radius 1 is 1.12 bits per heavy atom. The molecular formula is C21H25NO3. The molecule has 1 amide bonds. The predicted octanol–water partition coefficient (Wildman–Crippen LogP) is 3.65. The molecule has 4 nitrogen and oxygen atoms in total. The molecule has 3 rings (SSSR count). The number of nitrogens with zero attached hydrogens (tertiary/aromatic N) is 1. The number of amides is 1. The maximum atomic E-state index is 12.7. The Kier molecular flexibility index (Phi) is 5.59. The van der Waals surface area contributed by atoms with E-state index in [2.05, 4.69) is 12.1 Å². The number of benzene rings is 2. The quantitative estimate of drug-likeness (QED) is 0.723. The summed E-state index contributed by atoms with van der Waals surface area (Å²) in [4.78, 5) is 14.6. The van der Waals surface area contributed by atoms with Crippen LogP contribution < -0.4 is 9.47 Å². The zero-order valence-corrected chi connectivity index (χ0v) is 14.9. The van der Waals surface area contributed by atoms with Crippen LogP contribution in [0.4, 0.5) is 0 Å². The molecule has 132 valence electrons. The SMILES string of the molecule is COc1ccccc1OCCCN(C)C(=O)[C@@H]1CCc2ccccc21. The molecule has 2 aromatic carbocycles. The summed E-state index contributed by atoms with van der Waals surface area (Å²) in [6.45, 7) is 1.24. The number of carbonyl (C=O) groups excluding carboxylic acids is 1. The fourth-order valence-corrected chi connectivity index (χ4v) is 3.41. The average Bonchev–Trinajstić information content (AvgIpc) is 3.08. The smallest absolute Gasteiger partial charge is 0.229 e. The highest BCUT2D eigenvalue weighted by molar-refractivity contribution is 5.84. The van der Waals surface area contributed by atoms with E-state index in [1.807, 2.05) is 48.3 Å². The van der Waals surface area contributed by atoms with Crippen molar-refractivity contribution in [1.29, 1.82) is 0 Å². The normalized spacial score (nSPS) is 15.5. The number of carbonyl (C=O) groups is 1. The van der Waals surface area contributed by atoms with Crippen molar-refractivity contribution in [2.75, 3.05) is 27.3 Å². The lowest BCUT2D eigenvalue weighted by Crippen LogP contribution is -2.32. The molecule has 0 spiro atoms. The number of ether oxygens (including phenoxy) is 2. The number of aryl methyl sites for hydroxylation is 1. The van der Waals surface area contributed by atoms with Crippen LogP contribution in [0.2, 0.25) is 0 Å². The first-order valence-corrected chi connectivity index (χ1v) is 8.79. The minimum atomic E-state index is 0.0105. The third kappa shape index (κ3) is 3.95. The number of hydrogen-bond donors (Lipinski definition) is 0. The number of hydrogen-bond acceptors (Lipinski definition) is 3. The third-order valence-corrected chi connectivity index (χ3v) is 4.77. The van der Waals surface area contributed by atoms with Crippen molar-refractivity contribution in [3.05, 3.63) is 59.7 Å². The van der Waals surface area contributed by atoms with Crippen LogP contribution in [0.25, 0.3) is 0 Å². The number of rotatable bonds is 7. The Balaban J connectivity index is 1.48. The molecule has 0 aliphatic heterocycles. The summed E-state index contributed by atoms with van der Waals surface area (Å²) < 4.78 is 11.0. The second kappa shape index (κ2) is 8.06. The molecule has 0 bridgehead atoms. The van der Waals surface area contributed by atoms with Crippen LogP contribution in [-0.2, 0) is 11.2 Å². The van der Waals surface area contributed by atoms with Crippen LogP contribution in [0.1, 0.15) is 29.9 Å². The second-order valence-corrected chi connectivity index (χ2v) is 6.40. The molecule has 0 saturated carbocycles. The molecule has 0 fully saturated rings. The first kappa shape index (κ1) is 17.3. The highest BCUT2D eigenvalue weighted by Gasteiger charge is 2.29. The van der Waals surface area contributed by atoms with Crippen LogP contribution >= 0.6 is 0 Å². The molecule has 1 aliphatic carbocycles. The summed E-state index contributed by atoms with van der Waals surface area (Å²) >= 11 is 0. The van der Waals surface area contributed by atoms with Gasteiger partial charge < -0.3 is 14.4 Å². The molecule has 0 radical (unpaired) electrons. The Morgan fingerprint density at radius 3 is 2.64 bits per heavy atom. The van der Waals surface area contributed by atoms with Crippen molar-refractivity contribution in [3.63, 3.8) is 0 Å². The zero-order valence-electron chi connectivity index (χ0n) is 14.9. The van der Waals surface area contributed by atoms with Gasteiger partial charge in [-0.25, -0.2) is 0 Å². The lowest BCUT2D eigenvalue weighted by Gasteiger charge is -2.22. The monoisotopic (exact) mass is 339 g/mol. The van der Waals surface area contributed by atoms with E-state index in [-0.39, 0.29) is 11.8 Å². The van der Waals surface area contributed by atoms with Crippen LogP contribution in [0.3, 0.4) is 0 Å². The minimum absolute atomic E-state index is 0.0105. The summed E-state index contributed by atoms with van der Waals surface area (Å²) in [6, 6.07) is 15.9. The van der Waals surface area contributed by atoms with Crippen molar-refractivity contribution >= 4 is 5.91 Å². The maximum absolute atomic E-state index is 12.7. The summed E-state index contributed by atoms with van der Waals surface area (Å²) in [5.41, 5.74) is 2.51. The number of fused-ring (bicyclic) bond motifs is 1. The van der Waals surface area contributed by atoms with Gasteiger partial charge in [0.1, 0.15) is 0 Å². The van der Waals surface area contributed by atoms with Gasteiger partial charge in [0.2, 0.25) is 5.91 Å². The summed E-state index contributed by atoms with van der Waals surface area (Å²) in [5.74, 6) is 1.69. The van der Waals surface area contributed by atoms with E-state index in [4.69, 9.17) is 9.47 Å². The van der Waals surface area contributed by atoms with Gasteiger partial charge in [-0.05, 0) is 42.5 Å². The average molecular weight is 339 g/mol. The van der Waals surface area contributed by atoms with E-state index in [1.165, 1.54) is 11.1 Å². The van der Waals surface area contributed by atoms with Gasteiger partial charge in [-0.3, -0.25) is 4.79 Å². The molecule has 0 heterocycles. The summed E-state index contributed by atoms with van der Waals surface area (Å²) in [5, 5.41) is 0. The van der Waals surface area contributed by atoms with E-state index in [9.17, 15) is 4.79 Å². The molecular weight excluding hydrogens is 314 g/mol. The highest BCUT2D eigenvalue weighted by atomic mass is 16.5. The number of methoxy groups -OCH3 is 1. The highest BCUT2D eigenvalue weighted by Crippen LogP contribution is 2.34. The van der Waals surface area contributed by atoms with Crippen molar-refractivity contribution in [1.82, 2.24) is 4.90 Å². The molecule has 1 atom stereocenters. The van der Waals surface area contributed by atoms with Crippen LogP contribution in [0.5, 0.6) is 11.5 Å². The van der Waals surface area contributed by atoms with Gasteiger partial charge in [-0.2, -0.15) is 0 Å². The van der Waals surface area contributed by atoms with Gasteiger partial charge in [-0.15, -0.1) is 0 Å². The van der Waals surface area contributed by atoms with Crippen molar-refractivity contribution < 1.29 is 14.3 Å². The van der Waals surface area contributed by atoms with E-state index in [0.29, 0.717) is 13.2 Å². The van der Waals surface area contributed by atoms with Crippen LogP contribution in [0, 0.1) is 0 Å². The lowest BCUT2D eigenvalue weighted by molar-refractivity contribution is -0.131. The van der Waals surface area contributed by atoms with Crippen LogP contribution in [0.15, 0.2) is 48.5 Å². The van der Waals surface area contributed by atoms with E-state index in [1.54, 1.807) is 7.11 Å². The first-order chi connectivity index (χ1) is 12.2. The maximum Gasteiger partial charge on any atom is 0.229 e. The standard InChI is InChI=1S/C21H25NO3/c1-22(14-7-15-25-20-11-6-5-10-19(20)24-2)21(23)18-13-12-16-8-3-4-9-17(16)18/h3-6,8-11,18H,7,12-15H2,1-2H3/t18-/m1/s1. The van der Waals surface area contributed by atoms with Gasteiger partial charge in [-0.1, -0.05) is 36.4 Å². The number of likely N-dealkylation sites (N-methyl/N-ethyl adjacent to an activating group) is 1. The zero-order chi connectivity index (χ0) is 17.6. The van der Waals surface area contributed by atoms with Gasteiger partial charge in [0.15, 0.2) is 11.5 Å². The molecule has 25 heavy (non-hydrogen) atoms. The second-order valence-electron chi connectivity index (χ2n) is 6.40. The molecule has 4 heteroatoms. The van der Waals surface area contributed by atoms with E-state index < -0.39 is 0 Å². The topological polar surface area (TPSA) is 38.8 Å².